The molecule has 1 heterocycles. The van der Waals surface area contributed by atoms with Crippen molar-refractivity contribution in [1.29, 1.82) is 0 Å². The molecule has 9 heteroatoms. The molecule has 0 bridgehead atoms. The second-order valence-corrected chi connectivity index (χ2v) is 8.05. The Morgan fingerprint density at radius 2 is 1.78 bits per heavy atom. The topological polar surface area (TPSA) is 102 Å². The van der Waals surface area contributed by atoms with Crippen LogP contribution in [0, 0.1) is 10.1 Å². The first-order valence-corrected chi connectivity index (χ1v) is 10.0. The number of nitrogens with zero attached hydrogens (tertiary/aromatic N) is 2. The highest BCUT2D eigenvalue weighted by atomic mass is 32.2. The van der Waals surface area contributed by atoms with Crippen molar-refractivity contribution < 1.29 is 18.1 Å². The van der Waals surface area contributed by atoms with E-state index in [2.05, 4.69) is 9.62 Å². The van der Waals surface area contributed by atoms with E-state index in [9.17, 15) is 18.5 Å². The molecule has 0 atom stereocenters. The van der Waals surface area contributed by atoms with Gasteiger partial charge in [0.1, 0.15) is 0 Å². The smallest absolute Gasteiger partial charge is 0.270 e. The Kier molecular flexibility index (Phi) is 6.17. The van der Waals surface area contributed by atoms with Gasteiger partial charge in [-0.15, -0.1) is 0 Å². The minimum absolute atomic E-state index is 0.113. The van der Waals surface area contributed by atoms with Crippen LogP contribution < -0.4 is 4.72 Å². The lowest BCUT2D eigenvalue weighted by Gasteiger charge is -2.26. The van der Waals surface area contributed by atoms with E-state index in [1.807, 2.05) is 24.3 Å². The number of rotatable bonds is 7. The number of sulfonamides is 1. The van der Waals surface area contributed by atoms with Gasteiger partial charge < -0.3 is 4.74 Å². The molecule has 0 aromatic heterocycles. The Bertz CT molecular complexity index is 911. The monoisotopic (exact) mass is 391 g/mol. The van der Waals surface area contributed by atoms with Gasteiger partial charge >= 0.3 is 0 Å². The molecule has 144 valence electrons. The van der Waals surface area contributed by atoms with Crippen LogP contribution in [0.1, 0.15) is 11.1 Å². The SMILES string of the molecule is O=[N+]([O-])c1cccc(S(=O)(=O)NCc2cccc(CN3CCOCC3)c2)c1. The number of ether oxygens (including phenoxy) is 1. The van der Waals surface area contributed by atoms with Crippen molar-refractivity contribution in [2.45, 2.75) is 18.0 Å². The molecule has 0 aliphatic carbocycles. The molecule has 8 nitrogen and oxygen atoms in total. The summed E-state index contributed by atoms with van der Waals surface area (Å²) in [5.41, 5.74) is 1.67. The predicted molar refractivity (Wildman–Crippen MR) is 99.7 cm³/mol. The van der Waals surface area contributed by atoms with Gasteiger partial charge in [0.05, 0.1) is 23.0 Å². The van der Waals surface area contributed by atoms with Crippen LogP contribution in [0.5, 0.6) is 0 Å². The maximum absolute atomic E-state index is 12.4. The van der Waals surface area contributed by atoms with E-state index in [4.69, 9.17) is 4.74 Å². The normalized spacial score (nSPS) is 15.6. The van der Waals surface area contributed by atoms with Crippen LogP contribution in [0.2, 0.25) is 0 Å². The summed E-state index contributed by atoms with van der Waals surface area (Å²) in [6.07, 6.45) is 0. The van der Waals surface area contributed by atoms with E-state index in [0.29, 0.717) is 0 Å². The lowest BCUT2D eigenvalue weighted by Crippen LogP contribution is -2.35. The molecule has 1 N–H and O–H groups in total. The van der Waals surface area contributed by atoms with Crippen LogP contribution in [0.15, 0.2) is 53.4 Å². The van der Waals surface area contributed by atoms with Crippen molar-refractivity contribution >= 4 is 15.7 Å². The number of nitro benzene ring substituents is 1. The Morgan fingerprint density at radius 1 is 1.07 bits per heavy atom. The summed E-state index contributed by atoms with van der Waals surface area (Å²) in [4.78, 5) is 12.4. The third-order valence-electron chi connectivity index (χ3n) is 4.31. The van der Waals surface area contributed by atoms with Gasteiger partial charge in [0.25, 0.3) is 5.69 Å². The van der Waals surface area contributed by atoms with E-state index in [-0.39, 0.29) is 17.1 Å². The van der Waals surface area contributed by atoms with Gasteiger partial charge in [-0.05, 0) is 17.2 Å². The van der Waals surface area contributed by atoms with Gasteiger partial charge in [-0.2, -0.15) is 0 Å². The first kappa shape index (κ1) is 19.4. The Hall–Kier alpha value is -2.33. The van der Waals surface area contributed by atoms with Gasteiger partial charge in [-0.25, -0.2) is 13.1 Å². The van der Waals surface area contributed by atoms with Crippen molar-refractivity contribution in [1.82, 2.24) is 9.62 Å². The Balaban J connectivity index is 1.66. The average Bonchev–Trinajstić information content (AvgIpc) is 2.68. The molecule has 0 radical (unpaired) electrons. The molecule has 0 amide bonds. The van der Waals surface area contributed by atoms with Crippen LogP contribution in [-0.2, 0) is 27.8 Å². The predicted octanol–water partition coefficient (Wildman–Crippen LogP) is 1.91. The molecular formula is C18H21N3O5S. The highest BCUT2D eigenvalue weighted by Crippen LogP contribution is 2.18. The van der Waals surface area contributed by atoms with Crippen molar-refractivity contribution in [3.8, 4) is 0 Å². The summed E-state index contributed by atoms with van der Waals surface area (Å²) in [5.74, 6) is 0. The van der Waals surface area contributed by atoms with Gasteiger partial charge in [0, 0.05) is 38.3 Å². The van der Waals surface area contributed by atoms with Gasteiger partial charge in [0.15, 0.2) is 0 Å². The van der Waals surface area contributed by atoms with Crippen LogP contribution >= 0.6 is 0 Å². The van der Waals surface area contributed by atoms with E-state index in [1.165, 1.54) is 18.2 Å². The van der Waals surface area contributed by atoms with E-state index < -0.39 is 14.9 Å². The fraction of sp³-hybridized carbons (Fsp3) is 0.333. The van der Waals surface area contributed by atoms with Gasteiger partial charge in [0.2, 0.25) is 10.0 Å². The van der Waals surface area contributed by atoms with E-state index >= 15 is 0 Å². The van der Waals surface area contributed by atoms with Crippen LogP contribution in [-0.4, -0.2) is 44.5 Å². The molecule has 1 aliphatic rings. The zero-order chi connectivity index (χ0) is 19.3. The summed E-state index contributed by atoms with van der Waals surface area (Å²) < 4.78 is 32.7. The fourth-order valence-corrected chi connectivity index (χ4v) is 3.94. The van der Waals surface area contributed by atoms with Crippen molar-refractivity contribution in [3.05, 3.63) is 69.8 Å². The standard InChI is InChI=1S/C18H21N3O5S/c22-21(23)17-5-2-6-18(12-17)27(24,25)19-13-15-3-1-4-16(11-15)14-20-7-9-26-10-8-20/h1-6,11-12,19H,7-10,13-14H2. The number of non-ortho nitro benzene ring substituents is 1. The highest BCUT2D eigenvalue weighted by molar-refractivity contribution is 7.89. The number of hydrogen-bond donors (Lipinski definition) is 1. The Labute approximate surface area is 158 Å². The lowest BCUT2D eigenvalue weighted by atomic mass is 10.1. The Morgan fingerprint density at radius 3 is 2.52 bits per heavy atom. The zero-order valence-corrected chi connectivity index (χ0v) is 15.5. The highest BCUT2D eigenvalue weighted by Gasteiger charge is 2.17. The maximum Gasteiger partial charge on any atom is 0.270 e. The minimum atomic E-state index is -3.84. The second-order valence-electron chi connectivity index (χ2n) is 6.29. The maximum atomic E-state index is 12.4. The molecule has 0 unspecified atom stereocenters. The summed E-state index contributed by atoms with van der Waals surface area (Å²) in [5, 5.41) is 10.8. The summed E-state index contributed by atoms with van der Waals surface area (Å²) in [7, 11) is -3.84. The first-order chi connectivity index (χ1) is 12.9. The second kappa shape index (κ2) is 8.57. The minimum Gasteiger partial charge on any atom is -0.379 e. The van der Waals surface area contributed by atoms with Crippen molar-refractivity contribution in [3.63, 3.8) is 0 Å². The summed E-state index contributed by atoms with van der Waals surface area (Å²) >= 11 is 0. The number of benzene rings is 2. The first-order valence-electron chi connectivity index (χ1n) is 8.56. The van der Waals surface area contributed by atoms with Crippen molar-refractivity contribution in [2.24, 2.45) is 0 Å². The number of hydrogen-bond acceptors (Lipinski definition) is 6. The number of morpholine rings is 1. The average molecular weight is 391 g/mol. The van der Waals surface area contributed by atoms with E-state index in [0.717, 1.165) is 50.0 Å². The molecule has 1 fully saturated rings. The van der Waals surface area contributed by atoms with Crippen LogP contribution in [0.3, 0.4) is 0 Å². The van der Waals surface area contributed by atoms with Gasteiger partial charge in [-0.1, -0.05) is 30.3 Å². The third-order valence-corrected chi connectivity index (χ3v) is 5.71. The molecule has 2 aromatic rings. The lowest BCUT2D eigenvalue weighted by molar-refractivity contribution is -0.385. The van der Waals surface area contributed by atoms with E-state index in [1.54, 1.807) is 0 Å². The molecule has 0 saturated carbocycles. The summed E-state index contributed by atoms with van der Waals surface area (Å²) in [6.45, 7) is 4.11. The molecule has 1 saturated heterocycles. The van der Waals surface area contributed by atoms with Crippen LogP contribution in [0.25, 0.3) is 0 Å². The quantitative estimate of drug-likeness (QED) is 0.571. The number of nitrogens with one attached hydrogen (secondary N) is 1. The number of nitro groups is 1. The van der Waals surface area contributed by atoms with Gasteiger partial charge in [-0.3, -0.25) is 15.0 Å². The third kappa shape index (κ3) is 5.33. The molecule has 2 aromatic carbocycles. The molecule has 1 aliphatic heterocycles. The summed E-state index contributed by atoms with van der Waals surface area (Å²) in [6, 6.07) is 12.7. The zero-order valence-electron chi connectivity index (χ0n) is 14.7. The fourth-order valence-electron chi connectivity index (χ4n) is 2.88. The molecule has 27 heavy (non-hydrogen) atoms. The molecular weight excluding hydrogens is 370 g/mol. The van der Waals surface area contributed by atoms with Crippen LogP contribution in [0.4, 0.5) is 5.69 Å². The molecule has 0 spiro atoms. The largest absolute Gasteiger partial charge is 0.379 e. The molecule has 3 rings (SSSR count). The van der Waals surface area contributed by atoms with Crippen molar-refractivity contribution in [2.75, 3.05) is 26.3 Å².